The van der Waals surface area contributed by atoms with Crippen LogP contribution in [0.4, 0.5) is 5.69 Å². The molecule has 0 radical (unpaired) electrons. The fraction of sp³-hybridized carbons (Fsp3) is 0.364. The number of carbonyl (C=O) groups excluding carboxylic acids is 1. The highest BCUT2D eigenvalue weighted by atomic mass is 35.5. The zero-order valence-corrected chi connectivity index (χ0v) is 10.6. The lowest BCUT2D eigenvalue weighted by molar-refractivity contribution is -0.118. The maximum atomic E-state index is 11.7. The number of amides is 1. The number of rotatable bonds is 3. The number of hydrogen-bond acceptors (Lipinski definition) is 2. The van der Waals surface area contributed by atoms with Crippen LogP contribution in [-0.2, 0) is 4.79 Å². The van der Waals surface area contributed by atoms with Crippen LogP contribution in [0, 0.1) is 5.92 Å². The molecular weight excluding hydrogens is 247 g/mol. The Morgan fingerprint density at radius 2 is 1.75 bits per heavy atom. The molecule has 1 atom stereocenters. The van der Waals surface area contributed by atoms with E-state index >= 15 is 0 Å². The second-order valence-electron chi connectivity index (χ2n) is 3.92. The van der Waals surface area contributed by atoms with Crippen LogP contribution in [-0.4, -0.2) is 11.9 Å². The van der Waals surface area contributed by atoms with Crippen LogP contribution >= 0.6 is 23.2 Å². The van der Waals surface area contributed by atoms with Crippen molar-refractivity contribution < 1.29 is 4.79 Å². The van der Waals surface area contributed by atoms with E-state index in [2.05, 4.69) is 5.32 Å². The summed E-state index contributed by atoms with van der Waals surface area (Å²) in [6.07, 6.45) is 0. The first-order valence-corrected chi connectivity index (χ1v) is 5.68. The molecule has 1 aromatic rings. The summed E-state index contributed by atoms with van der Waals surface area (Å²) in [6.45, 7) is 3.77. The maximum Gasteiger partial charge on any atom is 0.241 e. The van der Waals surface area contributed by atoms with Crippen LogP contribution in [0.5, 0.6) is 0 Å². The molecule has 1 rings (SSSR count). The van der Waals surface area contributed by atoms with Gasteiger partial charge < -0.3 is 11.1 Å². The first-order valence-electron chi connectivity index (χ1n) is 4.92. The van der Waals surface area contributed by atoms with Gasteiger partial charge >= 0.3 is 0 Å². The predicted molar refractivity (Wildman–Crippen MR) is 67.9 cm³/mol. The molecule has 0 saturated carbocycles. The molecule has 0 fully saturated rings. The predicted octanol–water partition coefficient (Wildman–Crippen LogP) is 2.92. The van der Waals surface area contributed by atoms with Gasteiger partial charge in [0.25, 0.3) is 0 Å². The van der Waals surface area contributed by atoms with E-state index < -0.39 is 6.04 Å². The minimum Gasteiger partial charge on any atom is -0.325 e. The SMILES string of the molecule is CC(C)C(N)C(=O)Nc1cc(Cl)cc(Cl)c1. The van der Waals surface area contributed by atoms with Gasteiger partial charge in [0.05, 0.1) is 6.04 Å². The van der Waals surface area contributed by atoms with Gasteiger partial charge in [-0.3, -0.25) is 4.79 Å². The Morgan fingerprint density at radius 1 is 1.25 bits per heavy atom. The molecule has 0 spiro atoms. The van der Waals surface area contributed by atoms with Crippen LogP contribution in [0.3, 0.4) is 0 Å². The van der Waals surface area contributed by atoms with Gasteiger partial charge in [-0.1, -0.05) is 37.0 Å². The molecule has 16 heavy (non-hydrogen) atoms. The summed E-state index contributed by atoms with van der Waals surface area (Å²) < 4.78 is 0. The quantitative estimate of drug-likeness (QED) is 0.878. The molecule has 0 aliphatic carbocycles. The fourth-order valence-corrected chi connectivity index (χ4v) is 1.68. The van der Waals surface area contributed by atoms with Gasteiger partial charge in [-0.2, -0.15) is 0 Å². The Balaban J connectivity index is 2.77. The van der Waals surface area contributed by atoms with Crippen molar-refractivity contribution in [3.63, 3.8) is 0 Å². The van der Waals surface area contributed by atoms with Crippen molar-refractivity contribution >= 4 is 34.8 Å². The van der Waals surface area contributed by atoms with Crippen LogP contribution < -0.4 is 11.1 Å². The van der Waals surface area contributed by atoms with Crippen LogP contribution in [0.25, 0.3) is 0 Å². The van der Waals surface area contributed by atoms with E-state index in [1.807, 2.05) is 13.8 Å². The average Bonchev–Trinajstić information content (AvgIpc) is 2.14. The molecule has 1 unspecified atom stereocenters. The standard InChI is InChI=1S/C11H14Cl2N2O/c1-6(2)10(14)11(16)15-9-4-7(12)3-8(13)5-9/h3-6,10H,14H2,1-2H3,(H,15,16). The zero-order chi connectivity index (χ0) is 12.3. The third kappa shape index (κ3) is 3.67. The highest BCUT2D eigenvalue weighted by Gasteiger charge is 2.17. The topological polar surface area (TPSA) is 55.1 Å². The van der Waals surface area contributed by atoms with E-state index in [1.165, 1.54) is 0 Å². The monoisotopic (exact) mass is 260 g/mol. The Morgan fingerprint density at radius 3 is 2.19 bits per heavy atom. The fourth-order valence-electron chi connectivity index (χ4n) is 1.15. The summed E-state index contributed by atoms with van der Waals surface area (Å²) in [7, 11) is 0. The van der Waals surface area contributed by atoms with Gasteiger partial charge in [-0.05, 0) is 24.1 Å². The smallest absolute Gasteiger partial charge is 0.241 e. The summed E-state index contributed by atoms with van der Waals surface area (Å²) in [5, 5.41) is 3.62. The first kappa shape index (κ1) is 13.3. The number of nitrogens with two attached hydrogens (primary N) is 1. The lowest BCUT2D eigenvalue weighted by atomic mass is 10.1. The Labute approximate surface area is 105 Å². The Kier molecular flexibility index (Phi) is 4.59. The Hall–Kier alpha value is -0.770. The maximum absolute atomic E-state index is 11.7. The van der Waals surface area contributed by atoms with Gasteiger partial charge in [-0.15, -0.1) is 0 Å². The van der Waals surface area contributed by atoms with Crippen molar-refractivity contribution in [1.82, 2.24) is 0 Å². The van der Waals surface area contributed by atoms with E-state index in [1.54, 1.807) is 18.2 Å². The molecule has 0 aliphatic rings. The van der Waals surface area contributed by atoms with Crippen molar-refractivity contribution in [3.05, 3.63) is 28.2 Å². The molecule has 1 aromatic carbocycles. The van der Waals surface area contributed by atoms with Crippen molar-refractivity contribution in [1.29, 1.82) is 0 Å². The van der Waals surface area contributed by atoms with Crippen molar-refractivity contribution in [2.45, 2.75) is 19.9 Å². The molecular formula is C11H14Cl2N2O. The summed E-state index contributed by atoms with van der Waals surface area (Å²) in [6, 6.07) is 4.30. The summed E-state index contributed by atoms with van der Waals surface area (Å²) in [5.74, 6) is -0.164. The summed E-state index contributed by atoms with van der Waals surface area (Å²) in [4.78, 5) is 11.7. The van der Waals surface area contributed by atoms with Gasteiger partial charge in [0.1, 0.15) is 0 Å². The molecule has 0 aromatic heterocycles. The highest BCUT2D eigenvalue weighted by molar-refractivity contribution is 6.35. The average molecular weight is 261 g/mol. The first-order chi connectivity index (χ1) is 7.40. The van der Waals surface area contributed by atoms with Crippen LogP contribution in [0.2, 0.25) is 10.0 Å². The van der Waals surface area contributed by atoms with Gasteiger partial charge in [0.15, 0.2) is 0 Å². The highest BCUT2D eigenvalue weighted by Crippen LogP contribution is 2.22. The second kappa shape index (κ2) is 5.53. The summed E-state index contributed by atoms with van der Waals surface area (Å²) in [5.41, 5.74) is 6.26. The number of benzene rings is 1. The number of nitrogens with one attached hydrogen (secondary N) is 1. The van der Waals surface area contributed by atoms with Crippen LogP contribution in [0.15, 0.2) is 18.2 Å². The molecule has 0 saturated heterocycles. The minimum atomic E-state index is -0.544. The third-order valence-corrected chi connectivity index (χ3v) is 2.59. The molecule has 5 heteroatoms. The van der Waals surface area contributed by atoms with Crippen molar-refractivity contribution in [2.75, 3.05) is 5.32 Å². The third-order valence-electron chi connectivity index (χ3n) is 2.15. The molecule has 0 heterocycles. The van der Waals surface area contributed by atoms with E-state index in [4.69, 9.17) is 28.9 Å². The molecule has 0 aliphatic heterocycles. The van der Waals surface area contributed by atoms with E-state index in [0.717, 1.165) is 0 Å². The zero-order valence-electron chi connectivity index (χ0n) is 9.13. The number of halogens is 2. The molecule has 0 bridgehead atoms. The van der Waals surface area contributed by atoms with Crippen molar-refractivity contribution in [3.8, 4) is 0 Å². The minimum absolute atomic E-state index is 0.0784. The van der Waals surface area contributed by atoms with Crippen LogP contribution in [0.1, 0.15) is 13.8 Å². The van der Waals surface area contributed by atoms with Crippen molar-refractivity contribution in [2.24, 2.45) is 11.7 Å². The molecule has 1 amide bonds. The molecule has 3 N–H and O–H groups in total. The number of anilines is 1. The van der Waals surface area contributed by atoms with Gasteiger partial charge in [0.2, 0.25) is 5.91 Å². The van der Waals surface area contributed by atoms with Gasteiger partial charge in [-0.25, -0.2) is 0 Å². The second-order valence-corrected chi connectivity index (χ2v) is 4.79. The summed E-state index contributed by atoms with van der Waals surface area (Å²) >= 11 is 11.6. The largest absolute Gasteiger partial charge is 0.325 e. The van der Waals surface area contributed by atoms with Gasteiger partial charge in [0, 0.05) is 15.7 Å². The van der Waals surface area contributed by atoms with E-state index in [9.17, 15) is 4.79 Å². The van der Waals surface area contributed by atoms with E-state index in [0.29, 0.717) is 15.7 Å². The Bertz CT molecular complexity index is 373. The normalized spacial score (nSPS) is 12.6. The lowest BCUT2D eigenvalue weighted by Gasteiger charge is -2.15. The number of hydrogen-bond donors (Lipinski definition) is 2. The van der Waals surface area contributed by atoms with E-state index in [-0.39, 0.29) is 11.8 Å². The molecule has 88 valence electrons. The lowest BCUT2D eigenvalue weighted by Crippen LogP contribution is -2.39. The number of carbonyl (C=O) groups is 1. The molecule has 3 nitrogen and oxygen atoms in total.